The molecule has 0 aromatic carbocycles. The van der Waals surface area contributed by atoms with Crippen LogP contribution in [-0.2, 0) is 4.79 Å². The number of carbonyl (C=O) groups excluding carboxylic acids is 1. The number of hydrogen-bond donors (Lipinski definition) is 2. The third kappa shape index (κ3) is 4.40. The summed E-state index contributed by atoms with van der Waals surface area (Å²) in [5.41, 5.74) is 0. The fourth-order valence-electron chi connectivity index (χ4n) is 2.86. The highest BCUT2D eigenvalue weighted by molar-refractivity contribution is 5.74. The molecule has 2 fully saturated rings. The summed E-state index contributed by atoms with van der Waals surface area (Å²) < 4.78 is 0. The van der Waals surface area contributed by atoms with Gasteiger partial charge < -0.3 is 15.3 Å². The molecule has 1 saturated carbocycles. The van der Waals surface area contributed by atoms with Crippen LogP contribution in [0.25, 0.3) is 0 Å². The second-order valence-corrected chi connectivity index (χ2v) is 5.85. The first-order chi connectivity index (χ1) is 9.15. The van der Waals surface area contributed by atoms with Gasteiger partial charge in [-0.25, -0.2) is 4.79 Å². The summed E-state index contributed by atoms with van der Waals surface area (Å²) in [6, 6.07) is 0.0214. The zero-order valence-corrected chi connectivity index (χ0v) is 11.4. The number of nitrogens with one attached hydrogen (secondary N) is 1. The summed E-state index contributed by atoms with van der Waals surface area (Å²) in [5, 5.41) is 11.7. The molecule has 19 heavy (non-hydrogen) atoms. The molecule has 0 atom stereocenters. The van der Waals surface area contributed by atoms with E-state index in [1.165, 1.54) is 19.3 Å². The molecule has 1 saturated heterocycles. The number of amides is 2. The molecular formula is C14H24N2O3. The SMILES string of the molecule is O=C(O)CC1CCN(C(=O)NCCC2CCC2)CC1. The van der Waals surface area contributed by atoms with E-state index in [2.05, 4.69) is 5.32 Å². The van der Waals surface area contributed by atoms with E-state index in [0.717, 1.165) is 31.7 Å². The van der Waals surface area contributed by atoms with Gasteiger partial charge >= 0.3 is 12.0 Å². The lowest BCUT2D eigenvalue weighted by atomic mass is 9.83. The Kier molecular flexibility index (Phi) is 5.05. The van der Waals surface area contributed by atoms with Gasteiger partial charge in [0, 0.05) is 26.1 Å². The van der Waals surface area contributed by atoms with Crippen LogP contribution < -0.4 is 5.32 Å². The average molecular weight is 268 g/mol. The van der Waals surface area contributed by atoms with Crippen LogP contribution in [0.4, 0.5) is 4.79 Å². The molecule has 0 bridgehead atoms. The molecule has 2 rings (SSSR count). The molecule has 5 heteroatoms. The van der Waals surface area contributed by atoms with E-state index >= 15 is 0 Å². The maximum absolute atomic E-state index is 11.9. The van der Waals surface area contributed by atoms with Crippen LogP contribution >= 0.6 is 0 Å². The molecule has 1 heterocycles. The van der Waals surface area contributed by atoms with Crippen LogP contribution in [0.15, 0.2) is 0 Å². The zero-order valence-electron chi connectivity index (χ0n) is 11.4. The van der Waals surface area contributed by atoms with Gasteiger partial charge in [0.05, 0.1) is 0 Å². The molecule has 108 valence electrons. The van der Waals surface area contributed by atoms with Crippen LogP contribution in [0.3, 0.4) is 0 Å². The fourth-order valence-corrected chi connectivity index (χ4v) is 2.86. The first kappa shape index (κ1) is 14.2. The number of carbonyl (C=O) groups is 2. The van der Waals surface area contributed by atoms with Gasteiger partial charge in [0.1, 0.15) is 0 Å². The monoisotopic (exact) mass is 268 g/mol. The number of aliphatic carboxylic acids is 1. The number of carboxylic acid groups (broad SMARTS) is 1. The molecule has 2 aliphatic rings. The summed E-state index contributed by atoms with van der Waals surface area (Å²) in [6.45, 7) is 2.15. The zero-order chi connectivity index (χ0) is 13.7. The van der Waals surface area contributed by atoms with E-state index in [4.69, 9.17) is 5.11 Å². The van der Waals surface area contributed by atoms with E-state index in [-0.39, 0.29) is 18.4 Å². The second-order valence-electron chi connectivity index (χ2n) is 5.85. The highest BCUT2D eigenvalue weighted by Crippen LogP contribution is 2.28. The topological polar surface area (TPSA) is 69.6 Å². The van der Waals surface area contributed by atoms with Crippen molar-refractivity contribution in [3.05, 3.63) is 0 Å². The predicted octanol–water partition coefficient (Wildman–Crippen LogP) is 2.07. The molecule has 1 aliphatic carbocycles. The lowest BCUT2D eigenvalue weighted by Gasteiger charge is -2.32. The van der Waals surface area contributed by atoms with Crippen molar-refractivity contribution in [2.24, 2.45) is 11.8 Å². The highest BCUT2D eigenvalue weighted by Gasteiger charge is 2.24. The third-order valence-electron chi connectivity index (χ3n) is 4.42. The maximum Gasteiger partial charge on any atom is 0.317 e. The van der Waals surface area contributed by atoms with Crippen LogP contribution in [0.1, 0.15) is 44.9 Å². The van der Waals surface area contributed by atoms with E-state index in [9.17, 15) is 9.59 Å². The van der Waals surface area contributed by atoms with Gasteiger partial charge in [-0.3, -0.25) is 4.79 Å². The van der Waals surface area contributed by atoms with Crippen LogP contribution in [-0.4, -0.2) is 41.6 Å². The molecular weight excluding hydrogens is 244 g/mol. The van der Waals surface area contributed by atoms with Crippen molar-refractivity contribution in [1.82, 2.24) is 10.2 Å². The van der Waals surface area contributed by atoms with Crippen molar-refractivity contribution in [2.45, 2.75) is 44.9 Å². The Morgan fingerprint density at radius 2 is 1.79 bits per heavy atom. The van der Waals surface area contributed by atoms with Gasteiger partial charge in [-0.05, 0) is 31.1 Å². The average Bonchev–Trinajstić information content (AvgIpc) is 2.32. The first-order valence-electron chi connectivity index (χ1n) is 7.39. The number of nitrogens with zero attached hydrogens (tertiary/aromatic N) is 1. The van der Waals surface area contributed by atoms with Gasteiger partial charge in [0.15, 0.2) is 0 Å². The minimum absolute atomic E-state index is 0.0214. The molecule has 1 aliphatic heterocycles. The molecule has 0 aromatic rings. The molecule has 5 nitrogen and oxygen atoms in total. The maximum atomic E-state index is 11.9. The number of hydrogen-bond acceptors (Lipinski definition) is 2. The molecule has 0 spiro atoms. The van der Waals surface area contributed by atoms with Crippen molar-refractivity contribution in [3.63, 3.8) is 0 Å². The summed E-state index contributed by atoms with van der Waals surface area (Å²) in [5.74, 6) is 0.321. The number of carboxylic acids is 1. The Labute approximate surface area is 114 Å². The van der Waals surface area contributed by atoms with Crippen molar-refractivity contribution < 1.29 is 14.7 Å². The Morgan fingerprint density at radius 3 is 2.32 bits per heavy atom. The summed E-state index contributed by atoms with van der Waals surface area (Å²) in [6.07, 6.45) is 6.92. The van der Waals surface area contributed by atoms with Gasteiger partial charge in [-0.2, -0.15) is 0 Å². The Hall–Kier alpha value is -1.26. The van der Waals surface area contributed by atoms with Gasteiger partial charge in [-0.1, -0.05) is 19.3 Å². The Morgan fingerprint density at radius 1 is 1.11 bits per heavy atom. The van der Waals surface area contributed by atoms with Gasteiger partial charge in [0.2, 0.25) is 0 Å². The van der Waals surface area contributed by atoms with Crippen LogP contribution in [0.2, 0.25) is 0 Å². The van der Waals surface area contributed by atoms with Crippen molar-refractivity contribution in [3.8, 4) is 0 Å². The normalized spacial score (nSPS) is 20.9. The summed E-state index contributed by atoms with van der Waals surface area (Å²) >= 11 is 0. The van der Waals surface area contributed by atoms with Crippen molar-refractivity contribution >= 4 is 12.0 Å². The Balaban J connectivity index is 1.60. The molecule has 0 radical (unpaired) electrons. The van der Waals surface area contributed by atoms with Gasteiger partial charge in [0.25, 0.3) is 0 Å². The summed E-state index contributed by atoms with van der Waals surface area (Å²) in [4.78, 5) is 24.4. The Bertz CT molecular complexity index is 321. The van der Waals surface area contributed by atoms with E-state index < -0.39 is 5.97 Å². The van der Waals surface area contributed by atoms with Crippen LogP contribution in [0, 0.1) is 11.8 Å². The van der Waals surface area contributed by atoms with E-state index in [1.807, 2.05) is 4.90 Å². The van der Waals surface area contributed by atoms with E-state index in [1.54, 1.807) is 0 Å². The highest BCUT2D eigenvalue weighted by atomic mass is 16.4. The van der Waals surface area contributed by atoms with Gasteiger partial charge in [-0.15, -0.1) is 0 Å². The molecule has 0 unspecified atom stereocenters. The number of urea groups is 1. The molecule has 2 amide bonds. The lowest BCUT2D eigenvalue weighted by Crippen LogP contribution is -2.45. The summed E-state index contributed by atoms with van der Waals surface area (Å²) in [7, 11) is 0. The number of rotatable bonds is 5. The van der Waals surface area contributed by atoms with E-state index in [0.29, 0.717) is 13.1 Å². The van der Waals surface area contributed by atoms with Crippen molar-refractivity contribution in [1.29, 1.82) is 0 Å². The quantitative estimate of drug-likeness (QED) is 0.802. The largest absolute Gasteiger partial charge is 0.481 e. The lowest BCUT2D eigenvalue weighted by molar-refractivity contribution is -0.138. The molecule has 2 N–H and O–H groups in total. The standard InChI is InChI=1S/C14H24N2O3/c17-13(18)10-12-5-8-16(9-6-12)14(19)15-7-4-11-2-1-3-11/h11-12H,1-10H2,(H,15,19)(H,17,18). The third-order valence-corrected chi connectivity index (χ3v) is 4.42. The minimum Gasteiger partial charge on any atom is -0.481 e. The smallest absolute Gasteiger partial charge is 0.317 e. The number of likely N-dealkylation sites (tertiary alicyclic amines) is 1. The second kappa shape index (κ2) is 6.78. The fraction of sp³-hybridized carbons (Fsp3) is 0.857. The number of piperidine rings is 1. The predicted molar refractivity (Wildman–Crippen MR) is 71.9 cm³/mol. The van der Waals surface area contributed by atoms with Crippen LogP contribution in [0.5, 0.6) is 0 Å². The first-order valence-corrected chi connectivity index (χ1v) is 7.39. The van der Waals surface area contributed by atoms with Crippen molar-refractivity contribution in [2.75, 3.05) is 19.6 Å². The molecule has 0 aromatic heterocycles. The minimum atomic E-state index is -0.733.